The molecule has 2 heteroatoms. The van der Waals surface area contributed by atoms with Gasteiger partial charge in [0.2, 0.25) is 0 Å². The molecule has 0 unspecified atom stereocenters. The maximum atomic E-state index is 6.54. The molecule has 0 aliphatic rings. The Hall–Kier alpha value is -7.16. The highest BCUT2D eigenvalue weighted by molar-refractivity contribution is 6.16. The van der Waals surface area contributed by atoms with E-state index >= 15 is 0 Å². The van der Waals surface area contributed by atoms with E-state index in [0.29, 0.717) is 0 Å². The van der Waals surface area contributed by atoms with E-state index in [2.05, 4.69) is 211 Å². The molecule has 2 nitrogen and oxygen atoms in total. The van der Waals surface area contributed by atoms with Crippen molar-refractivity contribution < 1.29 is 4.42 Å². The van der Waals surface area contributed by atoms with Gasteiger partial charge < -0.3 is 9.32 Å². The molecule has 1 heterocycles. The number of furan rings is 1. The van der Waals surface area contributed by atoms with E-state index < -0.39 is 0 Å². The minimum absolute atomic E-state index is 0.865. The third-order valence-electron chi connectivity index (χ3n) is 10.5. The second kappa shape index (κ2) is 13.4. The van der Waals surface area contributed by atoms with Crippen LogP contribution in [0.15, 0.2) is 217 Å². The highest BCUT2D eigenvalue weighted by Gasteiger charge is 2.23. The molecule has 0 bridgehead atoms. The number of hydrogen-bond donors (Lipinski definition) is 0. The van der Waals surface area contributed by atoms with Gasteiger partial charge in [-0.25, -0.2) is 0 Å². The Morgan fingerprint density at radius 2 is 0.926 bits per heavy atom. The summed E-state index contributed by atoms with van der Waals surface area (Å²) in [7, 11) is 0. The first kappa shape index (κ1) is 31.6. The smallest absolute Gasteiger partial charge is 0.136 e. The van der Waals surface area contributed by atoms with Gasteiger partial charge in [0.25, 0.3) is 0 Å². The SMILES string of the molecule is c1ccc(-c2ccc(N(c3cccc(-c4cccc5ccccc45)c3)c3ccc4oc5ccccc5c4c3-c3cccc(-c4ccccc4)c3)cc2)cc1. The van der Waals surface area contributed by atoms with Crippen LogP contribution in [0.5, 0.6) is 0 Å². The normalized spacial score (nSPS) is 11.3. The Kier molecular flexibility index (Phi) is 7.85. The van der Waals surface area contributed by atoms with E-state index in [4.69, 9.17) is 4.42 Å². The Morgan fingerprint density at radius 3 is 1.74 bits per heavy atom. The lowest BCUT2D eigenvalue weighted by atomic mass is 9.93. The zero-order valence-electron chi connectivity index (χ0n) is 29.6. The quantitative estimate of drug-likeness (QED) is 0.166. The summed E-state index contributed by atoms with van der Waals surface area (Å²) in [6.07, 6.45) is 0. The molecule has 0 aliphatic heterocycles. The molecule has 0 N–H and O–H groups in total. The molecule has 9 aromatic carbocycles. The van der Waals surface area contributed by atoms with Gasteiger partial charge in [-0.2, -0.15) is 0 Å². The second-order valence-electron chi connectivity index (χ2n) is 13.7. The summed E-state index contributed by atoms with van der Waals surface area (Å²) in [6, 6.07) is 75.9. The lowest BCUT2D eigenvalue weighted by Gasteiger charge is -2.29. The van der Waals surface area contributed by atoms with Crippen LogP contribution in [-0.4, -0.2) is 0 Å². The first-order valence-electron chi connectivity index (χ1n) is 18.4. The third kappa shape index (κ3) is 5.62. The van der Waals surface area contributed by atoms with E-state index in [1.54, 1.807) is 0 Å². The van der Waals surface area contributed by atoms with Crippen LogP contribution in [0.3, 0.4) is 0 Å². The highest BCUT2D eigenvalue weighted by Crippen LogP contribution is 2.48. The van der Waals surface area contributed by atoms with Crippen LogP contribution < -0.4 is 4.90 Å². The van der Waals surface area contributed by atoms with E-state index in [-0.39, 0.29) is 0 Å². The average molecular weight is 690 g/mol. The molecule has 0 atom stereocenters. The summed E-state index contributed by atoms with van der Waals surface area (Å²) in [5, 5.41) is 4.66. The van der Waals surface area contributed by atoms with Gasteiger partial charge >= 0.3 is 0 Å². The van der Waals surface area contributed by atoms with Crippen LogP contribution in [0.2, 0.25) is 0 Å². The second-order valence-corrected chi connectivity index (χ2v) is 13.7. The molecule has 0 saturated carbocycles. The topological polar surface area (TPSA) is 16.4 Å². The maximum absolute atomic E-state index is 6.54. The van der Waals surface area contributed by atoms with Crippen molar-refractivity contribution in [1.29, 1.82) is 0 Å². The molecule has 0 spiro atoms. The fourth-order valence-corrected chi connectivity index (χ4v) is 7.92. The largest absolute Gasteiger partial charge is 0.456 e. The van der Waals surface area contributed by atoms with Gasteiger partial charge in [-0.3, -0.25) is 0 Å². The maximum Gasteiger partial charge on any atom is 0.136 e. The fraction of sp³-hybridized carbons (Fsp3) is 0. The summed E-state index contributed by atoms with van der Waals surface area (Å²) >= 11 is 0. The van der Waals surface area contributed by atoms with E-state index in [1.165, 1.54) is 38.6 Å². The summed E-state index contributed by atoms with van der Waals surface area (Å²) in [4.78, 5) is 2.41. The van der Waals surface area contributed by atoms with Crippen molar-refractivity contribution in [3.8, 4) is 44.5 Å². The van der Waals surface area contributed by atoms with Crippen LogP contribution in [0.1, 0.15) is 0 Å². The van der Waals surface area contributed by atoms with Crippen molar-refractivity contribution in [3.63, 3.8) is 0 Å². The molecule has 1 aromatic heterocycles. The van der Waals surface area contributed by atoms with Crippen LogP contribution in [0.25, 0.3) is 77.2 Å². The number of nitrogens with zero attached hydrogens (tertiary/aromatic N) is 1. The van der Waals surface area contributed by atoms with Gasteiger partial charge in [0.05, 0.1) is 5.69 Å². The third-order valence-corrected chi connectivity index (χ3v) is 10.5. The number of rotatable bonds is 7. The van der Waals surface area contributed by atoms with Gasteiger partial charge in [-0.15, -0.1) is 0 Å². The summed E-state index contributed by atoms with van der Waals surface area (Å²) in [6.45, 7) is 0. The average Bonchev–Trinajstić information content (AvgIpc) is 3.63. The molecule has 254 valence electrons. The monoisotopic (exact) mass is 689 g/mol. The summed E-state index contributed by atoms with van der Waals surface area (Å²) in [5.74, 6) is 0. The Bertz CT molecular complexity index is 2920. The number of benzene rings is 9. The van der Waals surface area contributed by atoms with Crippen LogP contribution in [0.4, 0.5) is 17.1 Å². The van der Waals surface area contributed by atoms with Gasteiger partial charge in [0.1, 0.15) is 11.2 Å². The zero-order valence-corrected chi connectivity index (χ0v) is 29.6. The lowest BCUT2D eigenvalue weighted by Crippen LogP contribution is -2.11. The molecule has 0 amide bonds. The highest BCUT2D eigenvalue weighted by atomic mass is 16.3. The Labute approximate surface area is 314 Å². The van der Waals surface area contributed by atoms with Crippen LogP contribution in [-0.2, 0) is 0 Å². The fourth-order valence-electron chi connectivity index (χ4n) is 7.92. The van der Waals surface area contributed by atoms with Crippen molar-refractivity contribution >= 4 is 49.8 Å². The zero-order chi connectivity index (χ0) is 35.8. The standard InChI is InChI=1S/C52H35NO/c1-3-14-36(15-4-1)38-28-30-43(31-29-38)53(44-23-12-21-41(35-44)46-26-13-19-39-18-7-8-24-45(39)46)48-32-33-50-52(47-25-9-10-27-49(47)54-50)51(48)42-22-11-20-40(34-42)37-16-5-2-6-17-37/h1-35H. The number of anilines is 3. The van der Waals surface area contributed by atoms with Gasteiger partial charge in [0.15, 0.2) is 0 Å². The number of hydrogen-bond acceptors (Lipinski definition) is 2. The van der Waals surface area contributed by atoms with Gasteiger partial charge in [-0.05, 0) is 98.2 Å². The molecular weight excluding hydrogens is 655 g/mol. The molecule has 0 aliphatic carbocycles. The predicted octanol–water partition coefficient (Wildman–Crippen LogP) is 14.9. The van der Waals surface area contributed by atoms with Gasteiger partial charge in [0, 0.05) is 27.7 Å². The van der Waals surface area contributed by atoms with Crippen LogP contribution >= 0.6 is 0 Å². The van der Waals surface area contributed by atoms with E-state index in [0.717, 1.165) is 55.7 Å². The molecule has 10 aromatic rings. The van der Waals surface area contributed by atoms with Crippen molar-refractivity contribution in [1.82, 2.24) is 0 Å². The first-order chi connectivity index (χ1) is 26.8. The van der Waals surface area contributed by atoms with E-state index in [9.17, 15) is 0 Å². The van der Waals surface area contributed by atoms with E-state index in [1.807, 2.05) is 6.07 Å². The molecule has 0 saturated heterocycles. The Morgan fingerprint density at radius 1 is 0.333 bits per heavy atom. The van der Waals surface area contributed by atoms with Crippen molar-refractivity contribution in [2.75, 3.05) is 4.90 Å². The van der Waals surface area contributed by atoms with Crippen molar-refractivity contribution in [2.45, 2.75) is 0 Å². The van der Waals surface area contributed by atoms with Crippen molar-refractivity contribution in [3.05, 3.63) is 212 Å². The molecule has 0 fully saturated rings. The molecule has 10 rings (SSSR count). The molecule has 54 heavy (non-hydrogen) atoms. The van der Waals surface area contributed by atoms with Crippen LogP contribution in [0, 0.1) is 0 Å². The molecule has 0 radical (unpaired) electrons. The minimum Gasteiger partial charge on any atom is -0.456 e. The van der Waals surface area contributed by atoms with Crippen molar-refractivity contribution in [2.24, 2.45) is 0 Å². The Balaban J connectivity index is 1.24. The van der Waals surface area contributed by atoms with Gasteiger partial charge in [-0.1, -0.05) is 164 Å². The lowest BCUT2D eigenvalue weighted by molar-refractivity contribution is 0.669. The predicted molar refractivity (Wildman–Crippen MR) is 228 cm³/mol. The first-order valence-corrected chi connectivity index (χ1v) is 18.4. The number of fused-ring (bicyclic) bond motifs is 4. The molecular formula is C52H35NO. The minimum atomic E-state index is 0.865. The summed E-state index contributed by atoms with van der Waals surface area (Å²) in [5.41, 5.74) is 14.3. The summed E-state index contributed by atoms with van der Waals surface area (Å²) < 4.78 is 6.54. The number of para-hydroxylation sites is 1.